The number of alkyl halides is 1. The third kappa shape index (κ3) is 2.63. The molecule has 0 N–H and O–H groups in total. The van der Waals surface area contributed by atoms with Crippen molar-refractivity contribution in [3.63, 3.8) is 0 Å². The molecule has 4 heteroatoms. The van der Waals surface area contributed by atoms with E-state index < -0.39 is 0 Å². The number of halogens is 1. The van der Waals surface area contributed by atoms with Crippen LogP contribution in [-0.4, -0.2) is 34.1 Å². The highest BCUT2D eigenvalue weighted by molar-refractivity contribution is 6.16. The Bertz CT molecular complexity index is 586. The van der Waals surface area contributed by atoms with Crippen LogP contribution in [0.1, 0.15) is 24.2 Å². The second-order valence-corrected chi connectivity index (χ2v) is 5.78. The van der Waals surface area contributed by atoms with E-state index in [9.17, 15) is 0 Å². The van der Waals surface area contributed by atoms with E-state index in [-0.39, 0.29) is 0 Å². The predicted octanol–water partition coefficient (Wildman–Crippen LogP) is 3.18. The molecule has 1 saturated carbocycles. The normalized spacial score (nSPS) is 15.6. The fraction of sp³-hybridized carbons (Fsp3) is 0.533. The summed E-state index contributed by atoms with van der Waals surface area (Å²) in [5, 5.41) is 0. The monoisotopic (exact) mass is 277 g/mol. The molecular weight excluding hydrogens is 258 g/mol. The smallest absolute Gasteiger partial charge is 0.124 e. The first-order valence-electron chi connectivity index (χ1n) is 6.91. The van der Waals surface area contributed by atoms with Crippen LogP contribution >= 0.6 is 11.6 Å². The third-order valence-electron chi connectivity index (χ3n) is 3.95. The van der Waals surface area contributed by atoms with Crippen LogP contribution in [0.15, 0.2) is 18.2 Å². The van der Waals surface area contributed by atoms with Crippen LogP contribution in [0.25, 0.3) is 11.0 Å². The van der Waals surface area contributed by atoms with Crippen molar-refractivity contribution in [1.82, 2.24) is 14.5 Å². The molecule has 0 bridgehead atoms. The highest BCUT2D eigenvalue weighted by Crippen LogP contribution is 2.25. The molecule has 1 aromatic carbocycles. The number of rotatable bonds is 5. The van der Waals surface area contributed by atoms with Gasteiger partial charge in [-0.25, -0.2) is 4.98 Å². The molecule has 0 spiro atoms. The fourth-order valence-corrected chi connectivity index (χ4v) is 2.80. The first-order valence-corrected chi connectivity index (χ1v) is 7.44. The minimum absolute atomic E-state index is 0.473. The molecule has 2 aromatic rings. The van der Waals surface area contributed by atoms with E-state index >= 15 is 0 Å². The van der Waals surface area contributed by atoms with Gasteiger partial charge in [0.15, 0.2) is 0 Å². The van der Waals surface area contributed by atoms with E-state index in [2.05, 4.69) is 46.6 Å². The second-order valence-electron chi connectivity index (χ2n) is 5.52. The molecule has 102 valence electrons. The number of fused-ring (bicyclic) bond motifs is 1. The number of hydrogen-bond donors (Lipinski definition) is 0. The molecule has 1 aliphatic rings. The van der Waals surface area contributed by atoms with Crippen molar-refractivity contribution in [3.05, 3.63) is 29.6 Å². The second kappa shape index (κ2) is 5.14. The van der Waals surface area contributed by atoms with Gasteiger partial charge in [-0.05, 0) is 44.5 Å². The average Bonchev–Trinajstić information content (AvgIpc) is 3.18. The summed E-state index contributed by atoms with van der Waals surface area (Å²) in [6, 6.07) is 7.23. The summed E-state index contributed by atoms with van der Waals surface area (Å²) < 4.78 is 2.26. The van der Waals surface area contributed by atoms with Gasteiger partial charge in [-0.3, -0.25) is 0 Å². The van der Waals surface area contributed by atoms with Crippen LogP contribution in [0.5, 0.6) is 0 Å². The topological polar surface area (TPSA) is 21.1 Å². The minimum Gasteiger partial charge on any atom is -0.326 e. The molecular formula is C15H20ClN3. The molecule has 0 atom stereocenters. The summed E-state index contributed by atoms with van der Waals surface area (Å²) >= 11 is 6.04. The quantitative estimate of drug-likeness (QED) is 0.783. The van der Waals surface area contributed by atoms with Crippen molar-refractivity contribution in [3.8, 4) is 0 Å². The van der Waals surface area contributed by atoms with E-state index in [1.807, 2.05) is 0 Å². The van der Waals surface area contributed by atoms with Crippen LogP contribution in [0.2, 0.25) is 0 Å². The molecule has 0 aliphatic heterocycles. The zero-order valence-corrected chi connectivity index (χ0v) is 12.3. The van der Waals surface area contributed by atoms with Gasteiger partial charge >= 0.3 is 0 Å². The Morgan fingerprint density at radius 3 is 2.89 bits per heavy atom. The van der Waals surface area contributed by atoms with Gasteiger partial charge in [0.25, 0.3) is 0 Å². The SMILES string of the molecule is Cc1ccc2c(c1)nc(CCl)n2CCN(C)C1CC1. The standard InChI is InChI=1S/C15H20ClN3/c1-11-3-6-14-13(9-11)17-15(10-16)19(14)8-7-18(2)12-4-5-12/h3,6,9,12H,4-5,7-8,10H2,1-2H3. The number of benzene rings is 1. The zero-order chi connectivity index (χ0) is 13.4. The molecule has 0 unspecified atom stereocenters. The molecule has 3 rings (SSSR count). The molecule has 1 aliphatic carbocycles. The predicted molar refractivity (Wildman–Crippen MR) is 79.7 cm³/mol. The van der Waals surface area contributed by atoms with E-state index in [1.54, 1.807) is 0 Å². The molecule has 0 radical (unpaired) electrons. The number of likely N-dealkylation sites (N-methyl/N-ethyl adjacent to an activating group) is 1. The Hall–Kier alpha value is -1.06. The van der Waals surface area contributed by atoms with E-state index in [0.29, 0.717) is 5.88 Å². The zero-order valence-electron chi connectivity index (χ0n) is 11.6. The van der Waals surface area contributed by atoms with Crippen LogP contribution < -0.4 is 0 Å². The lowest BCUT2D eigenvalue weighted by molar-refractivity contribution is 0.309. The summed E-state index contributed by atoms with van der Waals surface area (Å²) in [6.07, 6.45) is 2.70. The molecule has 0 amide bonds. The largest absolute Gasteiger partial charge is 0.326 e. The van der Waals surface area contributed by atoms with Crippen molar-refractivity contribution in [2.75, 3.05) is 13.6 Å². The van der Waals surface area contributed by atoms with Crippen LogP contribution in [0.4, 0.5) is 0 Å². The minimum atomic E-state index is 0.473. The molecule has 3 nitrogen and oxygen atoms in total. The number of nitrogens with zero attached hydrogens (tertiary/aromatic N) is 3. The Kier molecular flexibility index (Phi) is 3.50. The maximum absolute atomic E-state index is 6.04. The van der Waals surface area contributed by atoms with E-state index in [4.69, 9.17) is 11.6 Å². The highest BCUT2D eigenvalue weighted by atomic mass is 35.5. The van der Waals surface area contributed by atoms with Crippen LogP contribution in [0.3, 0.4) is 0 Å². The van der Waals surface area contributed by atoms with E-state index in [0.717, 1.165) is 30.5 Å². The highest BCUT2D eigenvalue weighted by Gasteiger charge is 2.25. The molecule has 1 fully saturated rings. The van der Waals surface area contributed by atoms with Crippen LogP contribution in [-0.2, 0) is 12.4 Å². The van der Waals surface area contributed by atoms with Crippen molar-refractivity contribution in [2.45, 2.75) is 38.2 Å². The van der Waals surface area contributed by atoms with Crippen molar-refractivity contribution < 1.29 is 0 Å². The first kappa shape index (κ1) is 12.9. The van der Waals surface area contributed by atoms with Crippen molar-refractivity contribution in [2.24, 2.45) is 0 Å². The average molecular weight is 278 g/mol. The summed E-state index contributed by atoms with van der Waals surface area (Å²) in [5.74, 6) is 1.45. The Balaban J connectivity index is 1.87. The molecule has 1 heterocycles. The van der Waals surface area contributed by atoms with Gasteiger partial charge in [0.05, 0.1) is 16.9 Å². The summed E-state index contributed by atoms with van der Waals surface area (Å²) in [6.45, 7) is 4.13. The molecule has 0 saturated heterocycles. The Morgan fingerprint density at radius 2 is 2.21 bits per heavy atom. The number of imidazole rings is 1. The number of aryl methyl sites for hydroxylation is 1. The Morgan fingerprint density at radius 1 is 1.42 bits per heavy atom. The van der Waals surface area contributed by atoms with Crippen LogP contribution in [0, 0.1) is 6.92 Å². The van der Waals surface area contributed by atoms with Gasteiger partial charge in [0.1, 0.15) is 5.82 Å². The van der Waals surface area contributed by atoms with Gasteiger partial charge in [0, 0.05) is 19.1 Å². The Labute approximate surface area is 119 Å². The van der Waals surface area contributed by atoms with Gasteiger partial charge in [-0.2, -0.15) is 0 Å². The molecule has 19 heavy (non-hydrogen) atoms. The number of aromatic nitrogens is 2. The van der Waals surface area contributed by atoms with Gasteiger partial charge in [-0.1, -0.05) is 6.07 Å². The lowest BCUT2D eigenvalue weighted by atomic mass is 10.2. The lowest BCUT2D eigenvalue weighted by Crippen LogP contribution is -2.25. The summed E-state index contributed by atoms with van der Waals surface area (Å²) in [5.41, 5.74) is 3.50. The number of hydrogen-bond acceptors (Lipinski definition) is 2. The van der Waals surface area contributed by atoms with Gasteiger partial charge in [0.2, 0.25) is 0 Å². The van der Waals surface area contributed by atoms with Crippen molar-refractivity contribution >= 4 is 22.6 Å². The third-order valence-corrected chi connectivity index (χ3v) is 4.19. The summed E-state index contributed by atoms with van der Waals surface area (Å²) in [4.78, 5) is 7.09. The maximum Gasteiger partial charge on any atom is 0.124 e. The first-order chi connectivity index (χ1) is 9.19. The summed E-state index contributed by atoms with van der Waals surface area (Å²) in [7, 11) is 2.21. The maximum atomic E-state index is 6.04. The molecule has 1 aromatic heterocycles. The van der Waals surface area contributed by atoms with Gasteiger partial charge in [-0.15, -0.1) is 11.6 Å². The van der Waals surface area contributed by atoms with Crippen molar-refractivity contribution in [1.29, 1.82) is 0 Å². The van der Waals surface area contributed by atoms with E-state index in [1.165, 1.54) is 23.9 Å². The fourth-order valence-electron chi connectivity index (χ4n) is 2.60. The van der Waals surface area contributed by atoms with Gasteiger partial charge < -0.3 is 9.47 Å². The lowest BCUT2D eigenvalue weighted by Gasteiger charge is -2.17.